The van der Waals surface area contributed by atoms with Crippen LogP contribution >= 0.6 is 0 Å². The average molecular weight is 304 g/mol. The van der Waals surface area contributed by atoms with E-state index >= 15 is 0 Å². The Kier molecular flexibility index (Phi) is 6.21. The van der Waals surface area contributed by atoms with E-state index in [1.165, 1.54) is 5.69 Å². The van der Waals surface area contributed by atoms with Crippen molar-refractivity contribution in [3.8, 4) is 0 Å². The highest BCUT2D eigenvalue weighted by Gasteiger charge is 2.16. The Balaban J connectivity index is 1.94. The molecule has 1 aromatic carbocycles. The lowest BCUT2D eigenvalue weighted by molar-refractivity contribution is 0.0797. The summed E-state index contributed by atoms with van der Waals surface area (Å²) < 4.78 is 0. The van der Waals surface area contributed by atoms with Gasteiger partial charge in [0.2, 0.25) is 0 Å². The van der Waals surface area contributed by atoms with E-state index in [4.69, 9.17) is 0 Å². The van der Waals surface area contributed by atoms with Crippen LogP contribution < -0.4 is 10.2 Å². The van der Waals surface area contributed by atoms with E-state index in [9.17, 15) is 4.79 Å². The summed E-state index contributed by atoms with van der Waals surface area (Å²) in [6.45, 7) is 9.21. The van der Waals surface area contributed by atoms with Gasteiger partial charge < -0.3 is 20.0 Å². The van der Waals surface area contributed by atoms with Gasteiger partial charge in [-0.25, -0.2) is 0 Å². The quantitative estimate of drug-likeness (QED) is 0.855. The van der Waals surface area contributed by atoms with Crippen LogP contribution in [0.2, 0.25) is 0 Å². The Bertz CT molecular complexity index is 466. The van der Waals surface area contributed by atoms with Crippen molar-refractivity contribution in [2.45, 2.75) is 6.92 Å². The van der Waals surface area contributed by atoms with Crippen molar-refractivity contribution in [2.24, 2.45) is 0 Å². The first kappa shape index (κ1) is 16.8. The summed E-state index contributed by atoms with van der Waals surface area (Å²) in [6, 6.07) is 8.03. The molecule has 1 heterocycles. The van der Waals surface area contributed by atoms with Crippen LogP contribution in [-0.2, 0) is 0 Å². The SMILES string of the molecule is CCN1CCN(c2ccc(C(=O)N(C)CCNC)cc2)CC1. The third kappa shape index (κ3) is 4.21. The van der Waals surface area contributed by atoms with Gasteiger partial charge in [-0.15, -0.1) is 0 Å². The van der Waals surface area contributed by atoms with Gasteiger partial charge in [0.25, 0.3) is 5.91 Å². The largest absolute Gasteiger partial charge is 0.369 e. The van der Waals surface area contributed by atoms with Crippen LogP contribution in [0.15, 0.2) is 24.3 Å². The number of anilines is 1. The molecule has 1 N–H and O–H groups in total. The molecular weight excluding hydrogens is 276 g/mol. The van der Waals surface area contributed by atoms with Crippen LogP contribution in [-0.4, -0.2) is 75.6 Å². The summed E-state index contributed by atoms with van der Waals surface area (Å²) in [5.74, 6) is 0.0811. The molecule has 0 bridgehead atoms. The van der Waals surface area contributed by atoms with E-state index in [0.717, 1.165) is 51.4 Å². The van der Waals surface area contributed by atoms with E-state index in [1.54, 1.807) is 4.90 Å². The number of carbonyl (C=O) groups is 1. The van der Waals surface area contributed by atoms with Gasteiger partial charge in [0.05, 0.1) is 0 Å². The zero-order chi connectivity index (χ0) is 15.9. The van der Waals surface area contributed by atoms with Crippen molar-refractivity contribution in [3.63, 3.8) is 0 Å². The standard InChI is InChI=1S/C17H28N4O/c1-4-20-11-13-21(14-12-20)16-7-5-15(6-8-16)17(22)19(3)10-9-18-2/h5-8,18H,4,9-14H2,1-3H3. The van der Waals surface area contributed by atoms with E-state index in [1.807, 2.05) is 26.2 Å². The molecule has 0 saturated carbocycles. The molecule has 1 aliphatic rings. The lowest BCUT2D eigenvalue weighted by Crippen LogP contribution is -2.46. The van der Waals surface area contributed by atoms with Crippen molar-refractivity contribution in [2.75, 3.05) is 64.8 Å². The molecule has 0 aliphatic carbocycles. The molecule has 22 heavy (non-hydrogen) atoms. The number of nitrogens with zero attached hydrogens (tertiary/aromatic N) is 3. The van der Waals surface area contributed by atoms with Crippen LogP contribution in [0.4, 0.5) is 5.69 Å². The maximum atomic E-state index is 12.3. The molecule has 122 valence electrons. The highest BCUT2D eigenvalue weighted by Crippen LogP contribution is 2.18. The van der Waals surface area contributed by atoms with Gasteiger partial charge in [0.1, 0.15) is 0 Å². The van der Waals surface area contributed by atoms with E-state index in [-0.39, 0.29) is 5.91 Å². The fourth-order valence-electron chi connectivity index (χ4n) is 2.74. The van der Waals surface area contributed by atoms with Crippen LogP contribution in [0.25, 0.3) is 0 Å². The maximum Gasteiger partial charge on any atom is 0.253 e. The first-order valence-electron chi connectivity index (χ1n) is 8.13. The normalized spacial score (nSPS) is 15.9. The number of likely N-dealkylation sites (N-methyl/N-ethyl adjacent to an activating group) is 3. The molecule has 1 saturated heterocycles. The van der Waals surface area contributed by atoms with Crippen LogP contribution in [0.3, 0.4) is 0 Å². The van der Waals surface area contributed by atoms with Crippen molar-refractivity contribution < 1.29 is 4.79 Å². The molecule has 2 rings (SSSR count). The summed E-state index contributed by atoms with van der Waals surface area (Å²) in [4.78, 5) is 18.9. The van der Waals surface area contributed by atoms with Crippen LogP contribution in [0.5, 0.6) is 0 Å². The Morgan fingerprint density at radius 3 is 2.36 bits per heavy atom. The van der Waals surface area contributed by atoms with Gasteiger partial charge in [-0.05, 0) is 37.9 Å². The zero-order valence-corrected chi connectivity index (χ0v) is 14.0. The van der Waals surface area contributed by atoms with Gasteiger partial charge >= 0.3 is 0 Å². The van der Waals surface area contributed by atoms with Crippen LogP contribution in [0.1, 0.15) is 17.3 Å². The maximum absolute atomic E-state index is 12.3. The van der Waals surface area contributed by atoms with E-state index < -0.39 is 0 Å². The molecule has 1 aliphatic heterocycles. The zero-order valence-electron chi connectivity index (χ0n) is 14.0. The molecule has 1 fully saturated rings. The Labute approximate surface area is 133 Å². The lowest BCUT2D eigenvalue weighted by atomic mass is 10.1. The predicted octanol–water partition coefficient (Wildman–Crippen LogP) is 1.12. The first-order chi connectivity index (χ1) is 10.7. The number of rotatable bonds is 6. The lowest BCUT2D eigenvalue weighted by Gasteiger charge is -2.35. The number of carbonyl (C=O) groups excluding carboxylic acids is 1. The molecule has 1 aromatic rings. The van der Waals surface area contributed by atoms with Crippen molar-refractivity contribution in [1.29, 1.82) is 0 Å². The van der Waals surface area contributed by atoms with Crippen molar-refractivity contribution >= 4 is 11.6 Å². The third-order valence-electron chi connectivity index (χ3n) is 4.34. The van der Waals surface area contributed by atoms with Crippen molar-refractivity contribution in [1.82, 2.24) is 15.1 Å². The minimum Gasteiger partial charge on any atom is -0.369 e. The van der Waals surface area contributed by atoms with Gasteiger partial charge in [-0.2, -0.15) is 0 Å². The summed E-state index contributed by atoms with van der Waals surface area (Å²) in [5, 5.41) is 3.06. The average Bonchev–Trinajstić information content (AvgIpc) is 2.59. The Morgan fingerprint density at radius 1 is 1.18 bits per heavy atom. The highest BCUT2D eigenvalue weighted by atomic mass is 16.2. The van der Waals surface area contributed by atoms with Gasteiger partial charge in [-0.1, -0.05) is 6.92 Å². The molecular formula is C17H28N4O. The molecule has 1 amide bonds. The minimum absolute atomic E-state index is 0.0811. The third-order valence-corrected chi connectivity index (χ3v) is 4.34. The first-order valence-corrected chi connectivity index (χ1v) is 8.13. The van der Waals surface area contributed by atoms with Gasteiger partial charge in [0.15, 0.2) is 0 Å². The number of piperazine rings is 1. The number of amides is 1. The predicted molar refractivity (Wildman–Crippen MR) is 91.7 cm³/mol. The minimum atomic E-state index is 0.0811. The number of hydrogen-bond donors (Lipinski definition) is 1. The summed E-state index contributed by atoms with van der Waals surface area (Å²) in [6.07, 6.45) is 0. The molecule has 5 nitrogen and oxygen atoms in total. The number of nitrogens with one attached hydrogen (secondary N) is 1. The summed E-state index contributed by atoms with van der Waals surface area (Å²) in [5.41, 5.74) is 1.97. The molecule has 0 radical (unpaired) electrons. The van der Waals surface area contributed by atoms with Crippen molar-refractivity contribution in [3.05, 3.63) is 29.8 Å². The summed E-state index contributed by atoms with van der Waals surface area (Å²) >= 11 is 0. The monoisotopic (exact) mass is 304 g/mol. The highest BCUT2D eigenvalue weighted by molar-refractivity contribution is 5.94. The second-order valence-corrected chi connectivity index (χ2v) is 5.80. The molecule has 0 atom stereocenters. The van der Waals surface area contributed by atoms with Gasteiger partial charge in [-0.3, -0.25) is 4.79 Å². The fourth-order valence-corrected chi connectivity index (χ4v) is 2.74. The number of hydrogen-bond acceptors (Lipinski definition) is 4. The van der Waals surface area contributed by atoms with Gasteiger partial charge in [0, 0.05) is 57.6 Å². The molecule has 0 unspecified atom stereocenters. The van der Waals surface area contributed by atoms with E-state index in [2.05, 4.69) is 34.2 Å². The Morgan fingerprint density at radius 2 is 1.82 bits per heavy atom. The second-order valence-electron chi connectivity index (χ2n) is 5.80. The molecule has 0 aromatic heterocycles. The van der Waals surface area contributed by atoms with Crippen LogP contribution in [0, 0.1) is 0 Å². The van der Waals surface area contributed by atoms with E-state index in [0.29, 0.717) is 0 Å². The Hall–Kier alpha value is -1.59. The topological polar surface area (TPSA) is 38.8 Å². The molecule has 5 heteroatoms. The summed E-state index contributed by atoms with van der Waals surface area (Å²) in [7, 11) is 3.74. The fraction of sp³-hybridized carbons (Fsp3) is 0.588. The smallest absolute Gasteiger partial charge is 0.253 e. The molecule has 0 spiro atoms. The number of benzene rings is 1. The second kappa shape index (κ2) is 8.15.